The van der Waals surface area contributed by atoms with Crippen LogP contribution in [0.2, 0.25) is 0 Å². The van der Waals surface area contributed by atoms with Crippen molar-refractivity contribution in [1.29, 1.82) is 0 Å². The first kappa shape index (κ1) is 20.9. The van der Waals surface area contributed by atoms with Crippen molar-refractivity contribution in [2.24, 2.45) is 0 Å². The summed E-state index contributed by atoms with van der Waals surface area (Å²) in [6, 6.07) is 14.2. The molecule has 0 aliphatic rings. The SMILES string of the molecule is CCCCc1cccc(/C(=C/C(Nc2cccc(CO)c2)=C(C)C)CC)n1. The summed E-state index contributed by atoms with van der Waals surface area (Å²) in [6.45, 7) is 8.63. The molecule has 1 aromatic carbocycles. The number of hydrogen-bond donors (Lipinski definition) is 2. The van der Waals surface area contributed by atoms with Gasteiger partial charge in [0, 0.05) is 17.1 Å². The predicted molar refractivity (Wildman–Crippen MR) is 115 cm³/mol. The van der Waals surface area contributed by atoms with Crippen molar-refractivity contribution in [1.82, 2.24) is 4.98 Å². The predicted octanol–water partition coefficient (Wildman–Crippen LogP) is 6.12. The molecule has 2 aromatic rings. The van der Waals surface area contributed by atoms with E-state index in [0.717, 1.165) is 41.2 Å². The number of aryl methyl sites for hydroxylation is 1. The van der Waals surface area contributed by atoms with E-state index in [1.54, 1.807) is 0 Å². The second-order valence-electron chi connectivity index (χ2n) is 7.04. The van der Waals surface area contributed by atoms with E-state index in [2.05, 4.69) is 57.3 Å². The maximum Gasteiger partial charge on any atom is 0.0682 e. The Bertz CT molecular complexity index is 802. The van der Waals surface area contributed by atoms with Gasteiger partial charge < -0.3 is 10.4 Å². The van der Waals surface area contributed by atoms with Crippen molar-refractivity contribution in [3.63, 3.8) is 0 Å². The normalized spacial score (nSPS) is 11.4. The molecule has 0 aliphatic heterocycles. The standard InChI is InChI=1S/C24H32N2O/c1-5-7-11-21-12-9-14-23(25-21)20(6-2)16-24(18(3)4)26-22-13-8-10-19(15-22)17-27/h8-10,12-16,26-27H,5-7,11,17H2,1-4H3/b20-16+. The number of pyridine rings is 1. The van der Waals surface area contributed by atoms with E-state index in [1.165, 1.54) is 24.0 Å². The molecule has 3 nitrogen and oxygen atoms in total. The van der Waals surface area contributed by atoms with Crippen LogP contribution >= 0.6 is 0 Å². The molecule has 1 aromatic heterocycles. The Hall–Kier alpha value is -2.39. The second kappa shape index (κ2) is 10.7. The van der Waals surface area contributed by atoms with Crippen LogP contribution in [-0.4, -0.2) is 10.1 Å². The zero-order chi connectivity index (χ0) is 19.6. The first-order chi connectivity index (χ1) is 13.1. The average Bonchev–Trinajstić information content (AvgIpc) is 2.69. The highest BCUT2D eigenvalue weighted by atomic mass is 16.3. The van der Waals surface area contributed by atoms with Crippen LogP contribution in [0.5, 0.6) is 0 Å². The molecule has 144 valence electrons. The number of anilines is 1. The minimum atomic E-state index is 0.0458. The van der Waals surface area contributed by atoms with Gasteiger partial charge in [-0.3, -0.25) is 4.98 Å². The Morgan fingerprint density at radius 3 is 2.56 bits per heavy atom. The van der Waals surface area contributed by atoms with Gasteiger partial charge >= 0.3 is 0 Å². The van der Waals surface area contributed by atoms with Gasteiger partial charge in [-0.15, -0.1) is 0 Å². The third kappa shape index (κ3) is 6.37. The van der Waals surface area contributed by atoms with Crippen molar-refractivity contribution in [3.8, 4) is 0 Å². The highest BCUT2D eigenvalue weighted by Gasteiger charge is 2.06. The molecule has 0 fully saturated rings. The number of nitrogens with zero attached hydrogens (tertiary/aromatic N) is 1. The third-order valence-electron chi connectivity index (χ3n) is 4.55. The van der Waals surface area contributed by atoms with Gasteiger partial charge in [-0.2, -0.15) is 0 Å². The summed E-state index contributed by atoms with van der Waals surface area (Å²) in [5.41, 5.74) is 7.59. The first-order valence-corrected chi connectivity index (χ1v) is 9.88. The Morgan fingerprint density at radius 1 is 1.11 bits per heavy atom. The quantitative estimate of drug-likeness (QED) is 0.527. The third-order valence-corrected chi connectivity index (χ3v) is 4.55. The number of aliphatic hydroxyl groups is 1. The lowest BCUT2D eigenvalue weighted by atomic mass is 10.0. The van der Waals surface area contributed by atoms with E-state index in [4.69, 9.17) is 4.98 Å². The molecule has 0 atom stereocenters. The molecule has 0 radical (unpaired) electrons. The van der Waals surface area contributed by atoms with Crippen molar-refractivity contribution in [3.05, 3.63) is 76.8 Å². The molecule has 0 aliphatic carbocycles. The molecule has 0 bridgehead atoms. The minimum absolute atomic E-state index is 0.0458. The Labute approximate surface area is 163 Å². The van der Waals surface area contributed by atoms with Gasteiger partial charge in [0.1, 0.15) is 0 Å². The van der Waals surface area contributed by atoms with E-state index in [-0.39, 0.29) is 6.61 Å². The number of aliphatic hydroxyl groups excluding tert-OH is 1. The van der Waals surface area contributed by atoms with Crippen LogP contribution in [0.25, 0.3) is 5.57 Å². The number of rotatable bonds is 9. The summed E-state index contributed by atoms with van der Waals surface area (Å²) < 4.78 is 0. The Balaban J connectivity index is 2.30. The summed E-state index contributed by atoms with van der Waals surface area (Å²) in [7, 11) is 0. The van der Waals surface area contributed by atoms with E-state index < -0.39 is 0 Å². The fourth-order valence-corrected chi connectivity index (χ4v) is 2.90. The molecule has 2 N–H and O–H groups in total. The van der Waals surface area contributed by atoms with E-state index in [9.17, 15) is 5.11 Å². The fourth-order valence-electron chi connectivity index (χ4n) is 2.90. The highest BCUT2D eigenvalue weighted by Crippen LogP contribution is 2.22. The smallest absolute Gasteiger partial charge is 0.0682 e. The maximum atomic E-state index is 9.37. The van der Waals surface area contributed by atoms with Gasteiger partial charge in [0.2, 0.25) is 0 Å². The minimum Gasteiger partial charge on any atom is -0.392 e. The summed E-state index contributed by atoms with van der Waals surface area (Å²) in [5, 5.41) is 12.9. The number of nitrogens with one attached hydrogen (secondary N) is 1. The Kier molecular flexibility index (Phi) is 8.28. The van der Waals surface area contributed by atoms with E-state index >= 15 is 0 Å². The summed E-state index contributed by atoms with van der Waals surface area (Å²) in [4.78, 5) is 4.88. The highest BCUT2D eigenvalue weighted by molar-refractivity contribution is 5.68. The first-order valence-electron chi connectivity index (χ1n) is 9.88. The average molecular weight is 365 g/mol. The summed E-state index contributed by atoms with van der Waals surface area (Å²) >= 11 is 0. The number of unbranched alkanes of at least 4 members (excludes halogenated alkanes) is 1. The van der Waals surface area contributed by atoms with Crippen LogP contribution in [0, 0.1) is 0 Å². The second-order valence-corrected chi connectivity index (χ2v) is 7.04. The van der Waals surface area contributed by atoms with Gasteiger partial charge in [0.05, 0.1) is 12.3 Å². The number of allylic oxidation sites excluding steroid dienone is 3. The zero-order valence-corrected chi connectivity index (χ0v) is 17.0. The van der Waals surface area contributed by atoms with E-state index in [0.29, 0.717) is 0 Å². The van der Waals surface area contributed by atoms with E-state index in [1.807, 2.05) is 24.3 Å². The van der Waals surface area contributed by atoms with Gasteiger partial charge in [0.15, 0.2) is 0 Å². The largest absolute Gasteiger partial charge is 0.392 e. The Morgan fingerprint density at radius 2 is 1.89 bits per heavy atom. The lowest BCUT2D eigenvalue weighted by Gasteiger charge is -2.14. The topological polar surface area (TPSA) is 45.1 Å². The van der Waals surface area contributed by atoms with Gasteiger partial charge in [-0.25, -0.2) is 0 Å². The van der Waals surface area contributed by atoms with Gasteiger partial charge in [-0.05, 0) is 74.6 Å². The number of hydrogen-bond acceptors (Lipinski definition) is 3. The van der Waals surface area contributed by atoms with Crippen molar-refractivity contribution in [2.75, 3.05) is 5.32 Å². The van der Waals surface area contributed by atoms with Crippen LogP contribution in [-0.2, 0) is 13.0 Å². The summed E-state index contributed by atoms with van der Waals surface area (Å²) in [5.74, 6) is 0. The van der Waals surface area contributed by atoms with Gasteiger partial charge in [0.25, 0.3) is 0 Å². The van der Waals surface area contributed by atoms with Crippen LogP contribution in [0.3, 0.4) is 0 Å². The lowest BCUT2D eigenvalue weighted by Crippen LogP contribution is -2.02. The fraction of sp³-hybridized carbons (Fsp3) is 0.375. The molecule has 0 amide bonds. The van der Waals surface area contributed by atoms with Crippen LogP contribution in [0.1, 0.15) is 63.9 Å². The zero-order valence-electron chi connectivity index (χ0n) is 17.0. The maximum absolute atomic E-state index is 9.37. The van der Waals surface area contributed by atoms with Crippen LogP contribution in [0.4, 0.5) is 5.69 Å². The summed E-state index contributed by atoms with van der Waals surface area (Å²) in [6.07, 6.45) is 6.50. The number of aromatic nitrogens is 1. The molecule has 0 spiro atoms. The molecule has 1 heterocycles. The van der Waals surface area contributed by atoms with Crippen molar-refractivity contribution < 1.29 is 5.11 Å². The molecule has 0 saturated carbocycles. The molecule has 3 heteroatoms. The van der Waals surface area contributed by atoms with Gasteiger partial charge in [-0.1, -0.05) is 44.0 Å². The molecule has 0 saturated heterocycles. The monoisotopic (exact) mass is 364 g/mol. The van der Waals surface area contributed by atoms with Crippen LogP contribution in [0.15, 0.2) is 59.8 Å². The van der Waals surface area contributed by atoms with Crippen LogP contribution < -0.4 is 5.32 Å². The van der Waals surface area contributed by atoms with Crippen molar-refractivity contribution >= 4 is 11.3 Å². The molecule has 2 rings (SSSR count). The lowest BCUT2D eigenvalue weighted by molar-refractivity contribution is 0.282. The number of benzene rings is 1. The molecule has 27 heavy (non-hydrogen) atoms. The van der Waals surface area contributed by atoms with Crippen molar-refractivity contribution in [2.45, 2.75) is 60.0 Å². The molecule has 0 unspecified atom stereocenters. The molecular formula is C24H32N2O. The molecular weight excluding hydrogens is 332 g/mol.